The van der Waals surface area contributed by atoms with Gasteiger partial charge >= 0.3 is 0 Å². The van der Waals surface area contributed by atoms with E-state index in [-0.39, 0.29) is 28.1 Å². The van der Waals surface area contributed by atoms with Gasteiger partial charge in [0.1, 0.15) is 10.8 Å². The zero-order valence-electron chi connectivity index (χ0n) is 13.3. The molecule has 0 saturated heterocycles. The molecule has 2 aromatic heterocycles. The third-order valence-corrected chi connectivity index (χ3v) is 6.09. The van der Waals surface area contributed by atoms with Crippen LogP contribution in [0.25, 0.3) is 10.8 Å². The highest BCUT2D eigenvalue weighted by molar-refractivity contribution is 7.91. The first-order valence-electron chi connectivity index (χ1n) is 7.36. The van der Waals surface area contributed by atoms with Gasteiger partial charge < -0.3 is 5.32 Å². The van der Waals surface area contributed by atoms with Gasteiger partial charge in [0.2, 0.25) is 15.9 Å². The second kappa shape index (κ2) is 6.86. The summed E-state index contributed by atoms with van der Waals surface area (Å²) >= 11 is 0.942. The van der Waals surface area contributed by atoms with Gasteiger partial charge in [0.25, 0.3) is 11.1 Å². The molecule has 1 amide bonds. The van der Waals surface area contributed by atoms with Crippen LogP contribution in [0.3, 0.4) is 0 Å². The van der Waals surface area contributed by atoms with Gasteiger partial charge in [-0.15, -0.1) is 11.3 Å². The first-order valence-corrected chi connectivity index (χ1v) is 9.72. The second-order valence-electron chi connectivity index (χ2n) is 5.42. The predicted molar refractivity (Wildman–Crippen MR) is 96.4 cm³/mol. The summed E-state index contributed by atoms with van der Waals surface area (Å²) in [4.78, 5) is 37.0. The number of nitrogens with zero attached hydrogens (tertiary/aromatic N) is 1. The summed E-state index contributed by atoms with van der Waals surface area (Å²) in [6.07, 6.45) is 0. The largest absolute Gasteiger partial charge is 0.350 e. The van der Waals surface area contributed by atoms with Gasteiger partial charge in [0.05, 0.1) is 17.3 Å². The smallest absolute Gasteiger partial charge is 0.273 e. The van der Waals surface area contributed by atoms with Crippen LogP contribution in [0.4, 0.5) is 0 Å². The summed E-state index contributed by atoms with van der Waals surface area (Å²) in [6.45, 7) is -0.294. The van der Waals surface area contributed by atoms with Crippen LogP contribution in [0.1, 0.15) is 4.88 Å². The molecular weight excluding hydrogens is 380 g/mol. The monoisotopic (exact) mass is 394 g/mol. The molecule has 3 rings (SSSR count). The van der Waals surface area contributed by atoms with Crippen molar-refractivity contribution < 1.29 is 13.2 Å². The van der Waals surface area contributed by atoms with E-state index in [1.54, 1.807) is 12.1 Å². The van der Waals surface area contributed by atoms with Crippen LogP contribution in [-0.4, -0.2) is 24.1 Å². The minimum absolute atomic E-state index is 0.00294. The Balaban J connectivity index is 1.74. The van der Waals surface area contributed by atoms with Gasteiger partial charge in [0.15, 0.2) is 0 Å². The van der Waals surface area contributed by atoms with Gasteiger partial charge in [-0.1, -0.05) is 12.1 Å². The fourth-order valence-electron chi connectivity index (χ4n) is 2.35. The van der Waals surface area contributed by atoms with E-state index in [2.05, 4.69) is 10.4 Å². The highest BCUT2D eigenvalue weighted by Gasteiger charge is 2.13. The van der Waals surface area contributed by atoms with Crippen molar-refractivity contribution in [2.75, 3.05) is 0 Å². The third kappa shape index (κ3) is 3.74. The number of thiophene rings is 1. The van der Waals surface area contributed by atoms with E-state index < -0.39 is 27.0 Å². The Morgan fingerprint density at radius 3 is 2.50 bits per heavy atom. The van der Waals surface area contributed by atoms with Crippen molar-refractivity contribution in [3.8, 4) is 0 Å². The van der Waals surface area contributed by atoms with E-state index in [0.29, 0.717) is 4.88 Å². The topological polar surface area (TPSA) is 144 Å². The van der Waals surface area contributed by atoms with E-state index in [4.69, 9.17) is 5.14 Å². The molecule has 0 unspecified atom stereocenters. The van der Waals surface area contributed by atoms with E-state index in [1.165, 1.54) is 24.3 Å². The maximum atomic E-state index is 12.3. The molecule has 3 aromatic rings. The summed E-state index contributed by atoms with van der Waals surface area (Å²) in [5.74, 6) is -0.511. The van der Waals surface area contributed by atoms with Crippen molar-refractivity contribution in [1.29, 1.82) is 0 Å². The van der Waals surface area contributed by atoms with Gasteiger partial charge in [0, 0.05) is 4.88 Å². The van der Waals surface area contributed by atoms with E-state index in [1.807, 2.05) is 0 Å². The normalized spacial score (nSPS) is 11.6. The third-order valence-electron chi connectivity index (χ3n) is 3.56. The Bertz CT molecular complexity index is 1210. The molecule has 0 radical (unpaired) electrons. The summed E-state index contributed by atoms with van der Waals surface area (Å²) in [5, 5.41) is 10.4. The first kappa shape index (κ1) is 18.0. The Kier molecular flexibility index (Phi) is 4.76. The molecule has 1 aromatic carbocycles. The van der Waals surface area contributed by atoms with Crippen molar-refractivity contribution in [3.63, 3.8) is 0 Å². The maximum absolute atomic E-state index is 12.3. The Morgan fingerprint density at radius 1 is 1.15 bits per heavy atom. The van der Waals surface area contributed by atoms with Crippen LogP contribution in [0.15, 0.2) is 50.2 Å². The lowest BCUT2D eigenvalue weighted by Crippen LogP contribution is -2.36. The Hall–Kier alpha value is -2.76. The van der Waals surface area contributed by atoms with Gasteiger partial charge in [-0.25, -0.2) is 18.2 Å². The highest BCUT2D eigenvalue weighted by atomic mass is 32.2. The molecule has 9 nitrogen and oxygen atoms in total. The summed E-state index contributed by atoms with van der Waals surface area (Å²) < 4.78 is 23.4. The molecule has 4 N–H and O–H groups in total. The Labute approximate surface area is 151 Å². The van der Waals surface area contributed by atoms with Crippen molar-refractivity contribution in [3.05, 3.63) is 62.0 Å². The number of amides is 1. The number of nitrogens with one attached hydrogen (secondary N) is 2. The van der Waals surface area contributed by atoms with Crippen molar-refractivity contribution in [2.45, 2.75) is 17.3 Å². The molecule has 0 bridgehead atoms. The summed E-state index contributed by atoms with van der Waals surface area (Å²) in [7, 11) is -3.78. The molecule has 0 aliphatic carbocycles. The number of aromatic amines is 1. The van der Waals surface area contributed by atoms with E-state index >= 15 is 0 Å². The number of sulfonamides is 1. The Morgan fingerprint density at radius 2 is 1.85 bits per heavy atom. The molecule has 11 heteroatoms. The molecule has 0 spiro atoms. The molecule has 26 heavy (non-hydrogen) atoms. The first-order chi connectivity index (χ1) is 12.3. The number of fused-ring (bicyclic) bond motifs is 1. The number of carbonyl (C=O) groups is 1. The number of hydrogen-bond acceptors (Lipinski definition) is 6. The average Bonchev–Trinajstić information content (AvgIpc) is 3.07. The highest BCUT2D eigenvalue weighted by Crippen LogP contribution is 2.19. The zero-order valence-corrected chi connectivity index (χ0v) is 14.9. The molecule has 0 saturated carbocycles. The van der Waals surface area contributed by atoms with Crippen LogP contribution in [0.5, 0.6) is 0 Å². The molecule has 0 aliphatic heterocycles. The number of nitrogens with two attached hydrogens (primary N) is 1. The van der Waals surface area contributed by atoms with Gasteiger partial charge in [-0.3, -0.25) is 19.5 Å². The van der Waals surface area contributed by atoms with Gasteiger partial charge in [-0.2, -0.15) is 0 Å². The summed E-state index contributed by atoms with van der Waals surface area (Å²) in [5.41, 5.74) is -0.952. The zero-order chi connectivity index (χ0) is 18.9. The fraction of sp³-hybridized carbons (Fsp3) is 0.133. The minimum atomic E-state index is -3.78. The number of aromatic nitrogens is 2. The lowest BCUT2D eigenvalue weighted by molar-refractivity contribution is -0.122. The number of rotatable bonds is 5. The SMILES string of the molecule is NS(=O)(=O)c1ccc(CNC(=O)Cn2[nH]c(=O)c3ccccc3c2=O)s1. The fourth-order valence-corrected chi connectivity index (χ4v) is 4.07. The van der Waals surface area contributed by atoms with Crippen LogP contribution < -0.4 is 21.6 Å². The van der Waals surface area contributed by atoms with Crippen LogP contribution in [0.2, 0.25) is 0 Å². The second-order valence-corrected chi connectivity index (χ2v) is 8.38. The number of hydrogen-bond donors (Lipinski definition) is 3. The molecule has 0 atom stereocenters. The predicted octanol–water partition coefficient (Wildman–Crippen LogP) is -0.285. The van der Waals surface area contributed by atoms with E-state index in [9.17, 15) is 22.8 Å². The van der Waals surface area contributed by atoms with Crippen LogP contribution >= 0.6 is 11.3 Å². The average molecular weight is 394 g/mol. The van der Waals surface area contributed by atoms with Crippen LogP contribution in [0, 0.1) is 0 Å². The number of primary sulfonamides is 1. The van der Waals surface area contributed by atoms with Crippen molar-refractivity contribution >= 4 is 38.0 Å². The van der Waals surface area contributed by atoms with Gasteiger partial charge in [-0.05, 0) is 24.3 Å². The number of H-pyrrole nitrogens is 1. The molecule has 2 heterocycles. The summed E-state index contributed by atoms with van der Waals surface area (Å²) in [6, 6.07) is 9.21. The molecule has 0 aliphatic rings. The number of benzene rings is 1. The van der Waals surface area contributed by atoms with E-state index in [0.717, 1.165) is 16.0 Å². The maximum Gasteiger partial charge on any atom is 0.273 e. The molecular formula is C15H14N4O5S2. The number of carbonyl (C=O) groups excluding carboxylic acids is 1. The molecule has 136 valence electrons. The molecule has 0 fully saturated rings. The quantitative estimate of drug-likeness (QED) is 0.545. The lowest BCUT2D eigenvalue weighted by Gasteiger charge is -2.07. The van der Waals surface area contributed by atoms with Crippen molar-refractivity contribution in [1.82, 2.24) is 15.1 Å². The lowest BCUT2D eigenvalue weighted by atomic mass is 10.2. The van der Waals surface area contributed by atoms with Crippen LogP contribution in [-0.2, 0) is 27.9 Å². The van der Waals surface area contributed by atoms with Crippen molar-refractivity contribution in [2.24, 2.45) is 5.14 Å². The standard InChI is InChI=1S/C15H14N4O5S2/c16-26(23,24)13-6-5-9(25-13)7-17-12(20)8-19-15(22)11-4-2-1-3-10(11)14(21)18-19/h1-6H,7-8H2,(H,17,20)(H,18,21)(H2,16,23,24). The minimum Gasteiger partial charge on any atom is -0.350 e.